The lowest BCUT2D eigenvalue weighted by molar-refractivity contribution is -0.0491. The number of nitrogens with zero attached hydrogens (tertiary/aromatic N) is 2. The fourth-order valence-corrected chi connectivity index (χ4v) is 2.60. The van der Waals surface area contributed by atoms with E-state index < -0.39 is 18.5 Å². The second-order valence-electron chi connectivity index (χ2n) is 5.85. The van der Waals surface area contributed by atoms with E-state index in [2.05, 4.69) is 10.1 Å². The molecule has 1 aliphatic rings. The van der Waals surface area contributed by atoms with E-state index in [1.54, 1.807) is 48.5 Å². The molecule has 9 heteroatoms. The highest BCUT2D eigenvalue weighted by atomic mass is 16.8. The summed E-state index contributed by atoms with van der Waals surface area (Å²) in [6.07, 6.45) is -3.39. The lowest BCUT2D eigenvalue weighted by Gasteiger charge is -2.13. The summed E-state index contributed by atoms with van der Waals surface area (Å²) in [4.78, 5) is 35.7. The molecule has 1 fully saturated rings. The minimum absolute atomic E-state index is 0.0418. The molecule has 0 aromatic heterocycles. The van der Waals surface area contributed by atoms with Crippen molar-refractivity contribution < 1.29 is 29.0 Å². The number of anilines is 1. The zero-order valence-electron chi connectivity index (χ0n) is 14.5. The van der Waals surface area contributed by atoms with Crippen molar-refractivity contribution in [3.05, 3.63) is 65.2 Å². The summed E-state index contributed by atoms with van der Waals surface area (Å²) in [5, 5.41) is 20.1. The van der Waals surface area contributed by atoms with Crippen LogP contribution in [-0.4, -0.2) is 36.1 Å². The molecule has 9 nitrogen and oxygen atoms in total. The average Bonchev–Trinajstić information content (AvgIpc) is 3.05. The van der Waals surface area contributed by atoms with Gasteiger partial charge in [-0.2, -0.15) is 5.26 Å². The van der Waals surface area contributed by atoms with Gasteiger partial charge in [0.1, 0.15) is 6.54 Å². The first-order valence-corrected chi connectivity index (χ1v) is 8.21. The summed E-state index contributed by atoms with van der Waals surface area (Å²) < 4.78 is 9.27. The number of carbonyl (C=O) groups is 3. The van der Waals surface area contributed by atoms with Crippen LogP contribution in [0.25, 0.3) is 0 Å². The lowest BCUT2D eigenvalue weighted by Crippen LogP contribution is -2.26. The van der Waals surface area contributed by atoms with Gasteiger partial charge in [-0.05, 0) is 42.0 Å². The third-order valence-corrected chi connectivity index (χ3v) is 3.99. The highest BCUT2D eigenvalue weighted by molar-refractivity contribution is 5.94. The highest BCUT2D eigenvalue weighted by Crippen LogP contribution is 2.22. The van der Waals surface area contributed by atoms with Crippen molar-refractivity contribution in [3.63, 3.8) is 0 Å². The number of rotatable bonds is 5. The molecule has 0 spiro atoms. The molecule has 1 heterocycles. The Labute approximate surface area is 159 Å². The van der Waals surface area contributed by atoms with Crippen LogP contribution in [-0.2, 0) is 16.0 Å². The number of benzene rings is 2. The Morgan fingerprint density at radius 1 is 1.21 bits per heavy atom. The molecule has 2 aromatic rings. The van der Waals surface area contributed by atoms with Gasteiger partial charge in [0.25, 0.3) is 12.2 Å². The molecular weight excluding hydrogens is 366 g/mol. The summed E-state index contributed by atoms with van der Waals surface area (Å²) in [6, 6.07) is 15.1. The molecule has 0 saturated carbocycles. The zero-order chi connectivity index (χ0) is 20.1. The topological polar surface area (TPSA) is 129 Å². The normalized spacial score (nSPS) is 15.5. The summed E-state index contributed by atoms with van der Waals surface area (Å²) in [5.41, 5.74) is 2.24. The predicted octanol–water partition coefficient (Wildman–Crippen LogP) is 2.47. The van der Waals surface area contributed by atoms with E-state index >= 15 is 0 Å². The third-order valence-electron chi connectivity index (χ3n) is 3.99. The Hall–Kier alpha value is -4.06. The number of hydrogen-bond acceptors (Lipinski definition) is 6. The molecule has 2 N–H and O–H groups in total. The van der Waals surface area contributed by atoms with Crippen LogP contribution in [0.4, 0.5) is 15.3 Å². The van der Waals surface area contributed by atoms with E-state index in [0.717, 1.165) is 5.56 Å². The maximum atomic E-state index is 12.1. The molecule has 1 unspecified atom stereocenters. The van der Waals surface area contributed by atoms with Gasteiger partial charge >= 0.3 is 12.2 Å². The van der Waals surface area contributed by atoms with Gasteiger partial charge in [-0.3, -0.25) is 9.69 Å². The Morgan fingerprint density at radius 2 is 1.89 bits per heavy atom. The van der Waals surface area contributed by atoms with E-state index in [9.17, 15) is 14.4 Å². The van der Waals surface area contributed by atoms with Crippen LogP contribution in [0, 0.1) is 11.3 Å². The number of carbonyl (C=O) groups excluding carboxylic acids is 2. The standard InChI is InChI=1S/C19H15N3O6/c20-9-12-1-5-14(6-2-12)17(23)21-10-13-3-7-15(8-4-13)22-11-16(27-18(22)24)28-19(25)26/h1-8,16H,10-11H2,(H,21,23)(H,25,26). The highest BCUT2D eigenvalue weighted by Gasteiger charge is 2.34. The second kappa shape index (κ2) is 8.09. The van der Waals surface area contributed by atoms with Gasteiger partial charge in [-0.1, -0.05) is 12.1 Å². The van der Waals surface area contributed by atoms with Crippen molar-refractivity contribution in [3.8, 4) is 6.07 Å². The minimum Gasteiger partial charge on any atom is -0.450 e. The first-order valence-electron chi connectivity index (χ1n) is 8.21. The van der Waals surface area contributed by atoms with Crippen molar-refractivity contribution in [2.75, 3.05) is 11.4 Å². The molecular formula is C19H15N3O6. The van der Waals surface area contributed by atoms with E-state index in [0.29, 0.717) is 16.8 Å². The molecule has 1 aliphatic heterocycles. The van der Waals surface area contributed by atoms with Gasteiger partial charge < -0.3 is 19.9 Å². The van der Waals surface area contributed by atoms with Crippen molar-refractivity contribution in [1.29, 1.82) is 5.26 Å². The van der Waals surface area contributed by atoms with Gasteiger partial charge in [0.15, 0.2) is 0 Å². The number of hydrogen-bond donors (Lipinski definition) is 2. The molecule has 1 atom stereocenters. The molecule has 2 amide bonds. The van der Waals surface area contributed by atoms with E-state index in [1.165, 1.54) is 4.90 Å². The third kappa shape index (κ3) is 4.37. The fraction of sp³-hybridized carbons (Fsp3) is 0.158. The molecule has 3 rings (SSSR count). The van der Waals surface area contributed by atoms with E-state index in [1.807, 2.05) is 6.07 Å². The van der Waals surface area contributed by atoms with Crippen LogP contribution in [0.1, 0.15) is 21.5 Å². The predicted molar refractivity (Wildman–Crippen MR) is 95.5 cm³/mol. The van der Waals surface area contributed by atoms with Gasteiger partial charge in [0, 0.05) is 17.8 Å². The number of amides is 2. The number of nitrogens with one attached hydrogen (secondary N) is 1. The maximum Gasteiger partial charge on any atom is 0.508 e. The lowest BCUT2D eigenvalue weighted by atomic mass is 10.1. The van der Waals surface area contributed by atoms with Crippen LogP contribution in [0.2, 0.25) is 0 Å². The van der Waals surface area contributed by atoms with Crippen LogP contribution in [0.5, 0.6) is 0 Å². The zero-order valence-corrected chi connectivity index (χ0v) is 14.5. The number of ether oxygens (including phenoxy) is 2. The Morgan fingerprint density at radius 3 is 2.50 bits per heavy atom. The monoisotopic (exact) mass is 381 g/mol. The first kappa shape index (κ1) is 18.7. The molecule has 0 radical (unpaired) electrons. The van der Waals surface area contributed by atoms with Crippen molar-refractivity contribution in [1.82, 2.24) is 5.32 Å². The smallest absolute Gasteiger partial charge is 0.450 e. The number of carboxylic acid groups (broad SMARTS) is 1. The Bertz CT molecular complexity index is 934. The summed E-state index contributed by atoms with van der Waals surface area (Å²) in [6.45, 7) is 0.230. The fourth-order valence-electron chi connectivity index (χ4n) is 2.60. The summed E-state index contributed by atoms with van der Waals surface area (Å²) in [7, 11) is 0. The average molecular weight is 381 g/mol. The number of nitriles is 1. The van der Waals surface area contributed by atoms with E-state index in [-0.39, 0.29) is 19.0 Å². The summed E-state index contributed by atoms with van der Waals surface area (Å²) >= 11 is 0. The molecule has 0 aliphatic carbocycles. The van der Waals surface area contributed by atoms with Crippen LogP contribution in [0.15, 0.2) is 48.5 Å². The SMILES string of the molecule is N#Cc1ccc(C(=O)NCc2ccc(N3CC(OC(=O)O)OC3=O)cc2)cc1. The molecule has 1 saturated heterocycles. The number of cyclic esters (lactones) is 1. The van der Waals surface area contributed by atoms with Crippen LogP contribution in [0.3, 0.4) is 0 Å². The van der Waals surface area contributed by atoms with Gasteiger partial charge in [-0.25, -0.2) is 9.59 Å². The van der Waals surface area contributed by atoms with Crippen molar-refractivity contribution in [2.24, 2.45) is 0 Å². The van der Waals surface area contributed by atoms with Gasteiger partial charge in [-0.15, -0.1) is 0 Å². The quantitative estimate of drug-likeness (QED) is 0.761. The Balaban J connectivity index is 1.57. The van der Waals surface area contributed by atoms with Gasteiger partial charge in [0.2, 0.25) is 0 Å². The van der Waals surface area contributed by atoms with Crippen LogP contribution < -0.4 is 10.2 Å². The van der Waals surface area contributed by atoms with E-state index in [4.69, 9.17) is 15.1 Å². The van der Waals surface area contributed by atoms with Crippen LogP contribution >= 0.6 is 0 Å². The molecule has 0 bridgehead atoms. The summed E-state index contributed by atoms with van der Waals surface area (Å²) in [5.74, 6) is -0.273. The van der Waals surface area contributed by atoms with Crippen molar-refractivity contribution >= 4 is 23.8 Å². The first-order chi connectivity index (χ1) is 13.5. The Kier molecular flexibility index (Phi) is 5.41. The van der Waals surface area contributed by atoms with Crippen molar-refractivity contribution in [2.45, 2.75) is 12.8 Å². The molecule has 28 heavy (non-hydrogen) atoms. The maximum absolute atomic E-state index is 12.1. The second-order valence-corrected chi connectivity index (χ2v) is 5.85. The minimum atomic E-state index is -1.52. The largest absolute Gasteiger partial charge is 0.508 e. The van der Waals surface area contributed by atoms with Gasteiger partial charge in [0.05, 0.1) is 11.6 Å². The molecule has 2 aromatic carbocycles. The molecule has 142 valence electrons.